The second kappa shape index (κ2) is 8.26. The highest BCUT2D eigenvalue weighted by Gasteiger charge is 2.03. The number of rotatable bonds is 6. The summed E-state index contributed by atoms with van der Waals surface area (Å²) in [5.74, 6) is 1.25. The van der Waals surface area contributed by atoms with Crippen LogP contribution in [0, 0.1) is 18.3 Å². The Hall–Kier alpha value is -2.25. The van der Waals surface area contributed by atoms with E-state index in [1.165, 1.54) is 11.1 Å². The van der Waals surface area contributed by atoms with Gasteiger partial charge < -0.3 is 5.32 Å². The smallest absolute Gasteiger partial charge is 0.234 e. The molecule has 0 fully saturated rings. The van der Waals surface area contributed by atoms with E-state index in [0.29, 0.717) is 12.2 Å². The highest BCUT2D eigenvalue weighted by Crippen LogP contribution is 2.15. The van der Waals surface area contributed by atoms with E-state index in [-0.39, 0.29) is 5.91 Å². The first-order chi connectivity index (χ1) is 10.7. The number of aryl methyl sites for hydroxylation is 1. The SMILES string of the molecule is Cc1cccc(CSCC(=O)Nc2ccc(CC#N)cc2)c1. The summed E-state index contributed by atoms with van der Waals surface area (Å²) < 4.78 is 0. The maximum atomic E-state index is 11.9. The average Bonchev–Trinajstić information content (AvgIpc) is 2.50. The highest BCUT2D eigenvalue weighted by atomic mass is 32.2. The van der Waals surface area contributed by atoms with Gasteiger partial charge in [0.2, 0.25) is 5.91 Å². The third kappa shape index (κ3) is 5.27. The van der Waals surface area contributed by atoms with Crippen LogP contribution in [0.1, 0.15) is 16.7 Å². The van der Waals surface area contributed by atoms with E-state index in [1.54, 1.807) is 11.8 Å². The minimum absolute atomic E-state index is 0.00862. The molecular weight excluding hydrogens is 292 g/mol. The van der Waals surface area contributed by atoms with Crippen molar-refractivity contribution in [3.05, 3.63) is 65.2 Å². The fourth-order valence-electron chi connectivity index (χ4n) is 2.06. The van der Waals surface area contributed by atoms with Crippen LogP contribution >= 0.6 is 11.8 Å². The van der Waals surface area contributed by atoms with Crippen molar-refractivity contribution >= 4 is 23.4 Å². The molecule has 0 aromatic heterocycles. The first-order valence-corrected chi connectivity index (χ1v) is 8.22. The van der Waals surface area contributed by atoms with Gasteiger partial charge >= 0.3 is 0 Å². The number of amides is 1. The third-order valence-electron chi connectivity index (χ3n) is 3.11. The lowest BCUT2D eigenvalue weighted by Gasteiger charge is -2.06. The van der Waals surface area contributed by atoms with E-state index in [0.717, 1.165) is 17.0 Å². The van der Waals surface area contributed by atoms with Gasteiger partial charge in [-0.25, -0.2) is 0 Å². The summed E-state index contributed by atoms with van der Waals surface area (Å²) in [6.07, 6.45) is 0.389. The molecule has 2 aromatic rings. The Labute approximate surface area is 135 Å². The zero-order valence-electron chi connectivity index (χ0n) is 12.5. The van der Waals surface area contributed by atoms with Gasteiger partial charge in [-0.2, -0.15) is 5.26 Å². The molecule has 0 saturated carbocycles. The van der Waals surface area contributed by atoms with Crippen molar-refractivity contribution < 1.29 is 4.79 Å². The maximum absolute atomic E-state index is 11.9. The number of carbonyl (C=O) groups is 1. The van der Waals surface area contributed by atoms with Crippen molar-refractivity contribution in [2.45, 2.75) is 19.1 Å². The molecule has 2 aromatic carbocycles. The van der Waals surface area contributed by atoms with E-state index in [4.69, 9.17) is 5.26 Å². The van der Waals surface area contributed by atoms with Crippen molar-refractivity contribution in [1.82, 2.24) is 0 Å². The predicted octanol–water partition coefficient (Wildman–Crippen LogP) is 3.93. The molecular formula is C18H18N2OS. The second-order valence-electron chi connectivity index (χ2n) is 5.06. The molecule has 0 saturated heterocycles. The third-order valence-corrected chi connectivity index (χ3v) is 4.11. The molecule has 3 nitrogen and oxygen atoms in total. The van der Waals surface area contributed by atoms with Gasteiger partial charge in [-0.05, 0) is 30.2 Å². The summed E-state index contributed by atoms with van der Waals surface area (Å²) in [5.41, 5.74) is 4.19. The van der Waals surface area contributed by atoms with Crippen molar-refractivity contribution in [3.63, 3.8) is 0 Å². The standard InChI is InChI=1S/C18H18N2OS/c1-14-3-2-4-16(11-14)12-22-13-18(21)20-17-7-5-15(6-8-17)9-10-19/h2-8,11H,9,12-13H2,1H3,(H,20,21). The lowest BCUT2D eigenvalue weighted by atomic mass is 10.1. The largest absolute Gasteiger partial charge is 0.325 e. The molecule has 22 heavy (non-hydrogen) atoms. The van der Waals surface area contributed by atoms with Crippen LogP contribution in [0.15, 0.2) is 48.5 Å². The van der Waals surface area contributed by atoms with Crippen LogP contribution in [0.3, 0.4) is 0 Å². The van der Waals surface area contributed by atoms with Crippen LogP contribution in [0.4, 0.5) is 5.69 Å². The molecule has 0 radical (unpaired) electrons. The molecule has 1 amide bonds. The number of thioether (sulfide) groups is 1. The first kappa shape index (κ1) is 16.1. The fourth-order valence-corrected chi connectivity index (χ4v) is 2.83. The summed E-state index contributed by atoms with van der Waals surface area (Å²) in [6, 6.07) is 17.8. The lowest BCUT2D eigenvalue weighted by molar-refractivity contribution is -0.113. The molecule has 0 atom stereocenters. The summed E-state index contributed by atoms with van der Waals surface area (Å²) >= 11 is 1.60. The number of hydrogen-bond donors (Lipinski definition) is 1. The monoisotopic (exact) mass is 310 g/mol. The molecule has 4 heteroatoms. The molecule has 0 heterocycles. The van der Waals surface area contributed by atoms with Crippen LogP contribution in [-0.4, -0.2) is 11.7 Å². The van der Waals surface area contributed by atoms with Gasteiger partial charge in [0.15, 0.2) is 0 Å². The molecule has 0 aliphatic heterocycles. The van der Waals surface area contributed by atoms with Crippen LogP contribution in [0.5, 0.6) is 0 Å². The molecule has 1 N–H and O–H groups in total. The molecule has 2 rings (SSSR count). The molecule has 0 unspecified atom stereocenters. The van der Waals surface area contributed by atoms with Gasteiger partial charge in [0.25, 0.3) is 0 Å². The van der Waals surface area contributed by atoms with E-state index >= 15 is 0 Å². The Morgan fingerprint density at radius 3 is 2.64 bits per heavy atom. The zero-order valence-corrected chi connectivity index (χ0v) is 13.3. The van der Waals surface area contributed by atoms with E-state index < -0.39 is 0 Å². The fraction of sp³-hybridized carbons (Fsp3) is 0.222. The number of nitrogens with zero attached hydrogens (tertiary/aromatic N) is 1. The quantitative estimate of drug-likeness (QED) is 0.879. The summed E-state index contributed by atoms with van der Waals surface area (Å²) in [4.78, 5) is 11.9. The Kier molecular flexibility index (Phi) is 6.05. The van der Waals surface area contributed by atoms with Gasteiger partial charge in [0, 0.05) is 11.4 Å². The van der Waals surface area contributed by atoms with Crippen LogP contribution in [0.25, 0.3) is 0 Å². The number of nitrogens with one attached hydrogen (secondary N) is 1. The Bertz CT molecular complexity index is 674. The van der Waals surface area contributed by atoms with Gasteiger partial charge in [-0.3, -0.25) is 4.79 Å². The number of anilines is 1. The predicted molar refractivity (Wildman–Crippen MR) is 91.7 cm³/mol. The molecule has 112 valence electrons. The van der Waals surface area contributed by atoms with Crippen molar-refractivity contribution in [2.75, 3.05) is 11.1 Å². The lowest BCUT2D eigenvalue weighted by Crippen LogP contribution is -2.14. The molecule has 0 spiro atoms. The van der Waals surface area contributed by atoms with Gasteiger partial charge in [-0.15, -0.1) is 11.8 Å². The Morgan fingerprint density at radius 1 is 1.18 bits per heavy atom. The Balaban J connectivity index is 1.77. The average molecular weight is 310 g/mol. The minimum atomic E-state index is -0.00862. The van der Waals surface area contributed by atoms with Crippen LogP contribution < -0.4 is 5.32 Å². The van der Waals surface area contributed by atoms with E-state index in [2.05, 4.69) is 36.5 Å². The zero-order chi connectivity index (χ0) is 15.8. The van der Waals surface area contributed by atoms with Crippen LogP contribution in [-0.2, 0) is 17.0 Å². The highest BCUT2D eigenvalue weighted by molar-refractivity contribution is 7.99. The van der Waals surface area contributed by atoms with E-state index in [1.807, 2.05) is 30.3 Å². The number of hydrogen-bond acceptors (Lipinski definition) is 3. The topological polar surface area (TPSA) is 52.9 Å². The van der Waals surface area contributed by atoms with Gasteiger partial charge in [0.05, 0.1) is 18.2 Å². The number of nitriles is 1. The number of carbonyl (C=O) groups excluding carboxylic acids is 1. The molecule has 0 aliphatic carbocycles. The summed E-state index contributed by atoms with van der Waals surface area (Å²) in [6.45, 7) is 2.07. The van der Waals surface area contributed by atoms with Crippen molar-refractivity contribution in [3.8, 4) is 6.07 Å². The first-order valence-electron chi connectivity index (χ1n) is 7.06. The van der Waals surface area contributed by atoms with Crippen molar-refractivity contribution in [1.29, 1.82) is 5.26 Å². The summed E-state index contributed by atoms with van der Waals surface area (Å²) in [7, 11) is 0. The normalized spacial score (nSPS) is 10.0. The van der Waals surface area contributed by atoms with Crippen molar-refractivity contribution in [2.24, 2.45) is 0 Å². The van der Waals surface area contributed by atoms with Crippen LogP contribution in [0.2, 0.25) is 0 Å². The Morgan fingerprint density at radius 2 is 1.95 bits per heavy atom. The number of benzene rings is 2. The van der Waals surface area contributed by atoms with E-state index in [9.17, 15) is 4.79 Å². The molecule has 0 aliphatic rings. The molecule has 0 bridgehead atoms. The minimum Gasteiger partial charge on any atom is -0.325 e. The van der Waals surface area contributed by atoms with Gasteiger partial charge in [0.1, 0.15) is 0 Å². The van der Waals surface area contributed by atoms with Gasteiger partial charge in [-0.1, -0.05) is 42.0 Å². The maximum Gasteiger partial charge on any atom is 0.234 e. The second-order valence-corrected chi connectivity index (χ2v) is 6.05. The summed E-state index contributed by atoms with van der Waals surface area (Å²) in [5, 5.41) is 11.5.